The third-order valence-electron chi connectivity index (χ3n) is 2.20. The lowest BCUT2D eigenvalue weighted by molar-refractivity contribution is -0.142. The highest BCUT2D eigenvalue weighted by Crippen LogP contribution is 2.03. The molecule has 1 amide bonds. The summed E-state index contributed by atoms with van der Waals surface area (Å²) in [6.07, 6.45) is 3.43. The Morgan fingerprint density at radius 3 is 2.63 bits per heavy atom. The Balaban J connectivity index is 2.51. The average molecular weight is 267 g/mol. The number of hydrogen-bond acceptors (Lipinski definition) is 4. The largest absolute Gasteiger partial charge is 0.481 e. The van der Waals surface area contributed by atoms with Crippen LogP contribution >= 0.6 is 0 Å². The molecule has 0 radical (unpaired) electrons. The number of carboxylic acid groups (broad SMARTS) is 2. The van der Waals surface area contributed by atoms with Crippen molar-refractivity contribution < 1.29 is 29.0 Å². The van der Waals surface area contributed by atoms with E-state index in [1.165, 1.54) is 12.3 Å². The van der Waals surface area contributed by atoms with Gasteiger partial charge < -0.3 is 19.9 Å². The predicted octanol–water partition coefficient (Wildman–Crippen LogP) is 0.727. The van der Waals surface area contributed by atoms with Crippen LogP contribution in [0.3, 0.4) is 0 Å². The number of carbonyl (C=O) groups is 3. The maximum absolute atomic E-state index is 11.4. The van der Waals surface area contributed by atoms with Crippen molar-refractivity contribution in [2.24, 2.45) is 0 Å². The van der Waals surface area contributed by atoms with Crippen molar-refractivity contribution in [3.8, 4) is 0 Å². The topological polar surface area (TPSA) is 117 Å². The molecule has 7 nitrogen and oxygen atoms in total. The number of carboxylic acids is 2. The van der Waals surface area contributed by atoms with E-state index in [4.69, 9.17) is 14.6 Å². The van der Waals surface area contributed by atoms with Crippen molar-refractivity contribution in [1.29, 1.82) is 0 Å². The van der Waals surface area contributed by atoms with Crippen molar-refractivity contribution in [3.05, 3.63) is 30.2 Å². The highest BCUT2D eigenvalue weighted by molar-refractivity contribution is 5.94. The Hall–Kier alpha value is -2.57. The van der Waals surface area contributed by atoms with Crippen molar-refractivity contribution in [3.63, 3.8) is 0 Å². The molecule has 0 bridgehead atoms. The van der Waals surface area contributed by atoms with Gasteiger partial charge in [0.05, 0.1) is 6.26 Å². The van der Waals surface area contributed by atoms with E-state index in [1.54, 1.807) is 12.1 Å². The molecule has 0 unspecified atom stereocenters. The van der Waals surface area contributed by atoms with Crippen molar-refractivity contribution >= 4 is 23.9 Å². The third-order valence-corrected chi connectivity index (χ3v) is 2.20. The molecule has 7 heteroatoms. The van der Waals surface area contributed by atoms with Crippen molar-refractivity contribution in [1.82, 2.24) is 5.32 Å². The molecule has 19 heavy (non-hydrogen) atoms. The molecule has 0 aliphatic rings. The number of nitrogens with one attached hydrogen (secondary N) is 1. The van der Waals surface area contributed by atoms with Gasteiger partial charge in [-0.2, -0.15) is 0 Å². The first-order valence-electron chi connectivity index (χ1n) is 5.45. The van der Waals surface area contributed by atoms with Gasteiger partial charge in [-0.05, 0) is 24.6 Å². The Morgan fingerprint density at radius 2 is 2.11 bits per heavy atom. The summed E-state index contributed by atoms with van der Waals surface area (Å²) >= 11 is 0. The van der Waals surface area contributed by atoms with E-state index in [1.807, 2.05) is 0 Å². The summed E-state index contributed by atoms with van der Waals surface area (Å²) in [6, 6.07) is 2.04. The number of carbonyl (C=O) groups excluding carboxylic acids is 1. The van der Waals surface area contributed by atoms with E-state index in [2.05, 4.69) is 5.32 Å². The van der Waals surface area contributed by atoms with Crippen LogP contribution in [0.15, 0.2) is 28.9 Å². The molecule has 1 rings (SSSR count). The fraction of sp³-hybridized carbons (Fsp3) is 0.250. The van der Waals surface area contributed by atoms with Crippen molar-refractivity contribution in [2.45, 2.75) is 18.9 Å². The summed E-state index contributed by atoms with van der Waals surface area (Å²) in [5, 5.41) is 19.5. The van der Waals surface area contributed by atoms with E-state index in [-0.39, 0.29) is 12.8 Å². The van der Waals surface area contributed by atoms with Crippen LogP contribution in [0.1, 0.15) is 18.6 Å². The molecule has 1 atom stereocenters. The molecule has 0 saturated carbocycles. The monoisotopic (exact) mass is 267 g/mol. The van der Waals surface area contributed by atoms with E-state index < -0.39 is 23.9 Å². The zero-order chi connectivity index (χ0) is 14.3. The minimum absolute atomic E-state index is 0.176. The molecule has 0 saturated heterocycles. The molecule has 1 aromatic heterocycles. The molecule has 0 aliphatic carbocycles. The van der Waals surface area contributed by atoms with Crippen LogP contribution in [0.2, 0.25) is 0 Å². The van der Waals surface area contributed by atoms with Gasteiger partial charge in [0.1, 0.15) is 11.8 Å². The first kappa shape index (κ1) is 14.5. The molecule has 1 heterocycles. The molecule has 0 aliphatic heterocycles. The smallest absolute Gasteiger partial charge is 0.326 e. The molecular weight excluding hydrogens is 254 g/mol. The van der Waals surface area contributed by atoms with Gasteiger partial charge in [-0.1, -0.05) is 0 Å². The SMILES string of the molecule is O=C(O)CC[C@H](NC(=O)/C=C/c1ccco1)C(=O)O. The number of aliphatic carboxylic acids is 2. The van der Waals surface area contributed by atoms with Gasteiger partial charge in [0.2, 0.25) is 5.91 Å². The summed E-state index contributed by atoms with van der Waals surface area (Å²) in [5.74, 6) is -2.57. The highest BCUT2D eigenvalue weighted by atomic mass is 16.4. The lowest BCUT2D eigenvalue weighted by Crippen LogP contribution is -2.40. The Labute approximate surface area is 108 Å². The summed E-state index contributed by atoms with van der Waals surface area (Å²) < 4.78 is 4.95. The van der Waals surface area contributed by atoms with Gasteiger partial charge in [0.15, 0.2) is 0 Å². The zero-order valence-corrected chi connectivity index (χ0v) is 9.91. The maximum Gasteiger partial charge on any atom is 0.326 e. The summed E-state index contributed by atoms with van der Waals surface area (Å²) in [7, 11) is 0. The van der Waals surface area contributed by atoms with Crippen LogP contribution in [0.4, 0.5) is 0 Å². The number of rotatable bonds is 7. The lowest BCUT2D eigenvalue weighted by atomic mass is 10.1. The second-order valence-corrected chi connectivity index (χ2v) is 3.68. The molecule has 0 spiro atoms. The van der Waals surface area contributed by atoms with Gasteiger partial charge in [-0.15, -0.1) is 0 Å². The average Bonchev–Trinajstić information content (AvgIpc) is 2.84. The Bertz CT molecular complexity index is 476. The van der Waals surface area contributed by atoms with Crippen LogP contribution in [0.5, 0.6) is 0 Å². The number of hydrogen-bond donors (Lipinski definition) is 3. The van der Waals surface area contributed by atoms with E-state index in [9.17, 15) is 14.4 Å². The van der Waals surface area contributed by atoms with Crippen LogP contribution in [0, 0.1) is 0 Å². The summed E-state index contributed by atoms with van der Waals surface area (Å²) in [4.78, 5) is 32.6. The molecule has 0 aromatic carbocycles. The zero-order valence-electron chi connectivity index (χ0n) is 9.91. The van der Waals surface area contributed by atoms with Gasteiger partial charge in [0, 0.05) is 12.5 Å². The van der Waals surface area contributed by atoms with Crippen molar-refractivity contribution in [2.75, 3.05) is 0 Å². The van der Waals surface area contributed by atoms with E-state index in [0.717, 1.165) is 6.08 Å². The third kappa shape index (κ3) is 5.53. The standard InChI is InChI=1S/C12H13NO6/c14-10(5-3-8-2-1-7-19-8)13-9(12(17)18)4-6-11(15)16/h1-3,5,7,9H,4,6H2,(H,13,14)(H,15,16)(H,17,18)/b5-3+/t9-/m0/s1. The molecule has 1 aromatic rings. The van der Waals surface area contributed by atoms with Gasteiger partial charge >= 0.3 is 11.9 Å². The van der Waals surface area contributed by atoms with Crippen LogP contribution in [0.25, 0.3) is 6.08 Å². The molecular formula is C12H13NO6. The first-order chi connectivity index (χ1) is 8.99. The van der Waals surface area contributed by atoms with E-state index in [0.29, 0.717) is 5.76 Å². The van der Waals surface area contributed by atoms with Gasteiger partial charge in [-0.25, -0.2) is 4.79 Å². The fourth-order valence-electron chi connectivity index (χ4n) is 1.29. The Morgan fingerprint density at radius 1 is 1.37 bits per heavy atom. The second-order valence-electron chi connectivity index (χ2n) is 3.68. The normalized spacial score (nSPS) is 12.2. The predicted molar refractivity (Wildman–Crippen MR) is 64.2 cm³/mol. The second kappa shape index (κ2) is 7.00. The molecule has 0 fully saturated rings. The van der Waals surface area contributed by atoms with Gasteiger partial charge in [-0.3, -0.25) is 9.59 Å². The number of amides is 1. The van der Waals surface area contributed by atoms with E-state index >= 15 is 0 Å². The quantitative estimate of drug-likeness (QED) is 0.627. The highest BCUT2D eigenvalue weighted by Gasteiger charge is 2.19. The van der Waals surface area contributed by atoms with Crippen LogP contribution < -0.4 is 5.32 Å². The fourth-order valence-corrected chi connectivity index (χ4v) is 1.29. The summed E-state index contributed by atoms with van der Waals surface area (Å²) in [5.41, 5.74) is 0. The minimum atomic E-state index is -1.28. The first-order valence-corrected chi connectivity index (χ1v) is 5.45. The summed E-state index contributed by atoms with van der Waals surface area (Å²) in [6.45, 7) is 0. The molecule has 102 valence electrons. The lowest BCUT2D eigenvalue weighted by Gasteiger charge is -2.11. The number of furan rings is 1. The molecule has 3 N–H and O–H groups in total. The van der Waals surface area contributed by atoms with Crippen LogP contribution in [-0.4, -0.2) is 34.1 Å². The Kier molecular flexibility index (Phi) is 5.34. The van der Waals surface area contributed by atoms with Gasteiger partial charge in [0.25, 0.3) is 0 Å². The maximum atomic E-state index is 11.4. The minimum Gasteiger partial charge on any atom is -0.481 e. The van der Waals surface area contributed by atoms with Crippen LogP contribution in [-0.2, 0) is 14.4 Å².